The predicted octanol–water partition coefficient (Wildman–Crippen LogP) is 0.789. The van der Waals surface area contributed by atoms with E-state index in [2.05, 4.69) is 10.1 Å². The third kappa shape index (κ3) is 13.4. The molecule has 0 aliphatic carbocycles. The summed E-state index contributed by atoms with van der Waals surface area (Å²) >= 11 is 0. The molecule has 0 saturated carbocycles. The number of hydrogen-bond acceptors (Lipinski definition) is 5. The highest BCUT2D eigenvalue weighted by molar-refractivity contribution is 5.67. The number of aliphatic hydroxyl groups is 3. The lowest BCUT2D eigenvalue weighted by Crippen LogP contribution is -2.29. The van der Waals surface area contributed by atoms with Gasteiger partial charge in [-0.1, -0.05) is 32.1 Å². The molecule has 6 heteroatoms. The third-order valence-corrected chi connectivity index (χ3v) is 2.72. The van der Waals surface area contributed by atoms with Gasteiger partial charge in [-0.3, -0.25) is 0 Å². The van der Waals surface area contributed by atoms with Crippen LogP contribution in [0.25, 0.3) is 0 Å². The molecule has 6 nitrogen and oxygen atoms in total. The number of ether oxygens (including phenoxy) is 1. The zero-order chi connectivity index (χ0) is 14.3. The molecule has 1 amide bonds. The van der Waals surface area contributed by atoms with E-state index in [4.69, 9.17) is 15.3 Å². The zero-order valence-corrected chi connectivity index (χ0v) is 11.5. The quantitative estimate of drug-likeness (QED) is 0.395. The summed E-state index contributed by atoms with van der Waals surface area (Å²) in [5.41, 5.74) is 0. The second-order valence-electron chi connectivity index (χ2n) is 4.56. The van der Waals surface area contributed by atoms with E-state index < -0.39 is 18.8 Å². The Morgan fingerprint density at radius 1 is 1.00 bits per heavy atom. The number of carbonyl (C=O) groups is 1. The number of carbonyl (C=O) groups excluding carboxylic acids is 1. The van der Waals surface area contributed by atoms with Crippen molar-refractivity contribution in [3.8, 4) is 0 Å². The van der Waals surface area contributed by atoms with Gasteiger partial charge >= 0.3 is 6.09 Å². The minimum Gasteiger partial charge on any atom is -0.447 e. The predicted molar refractivity (Wildman–Crippen MR) is 71.8 cm³/mol. The maximum atomic E-state index is 11.1. The summed E-state index contributed by atoms with van der Waals surface area (Å²) in [6.07, 6.45) is 5.78. The molecule has 1 atom stereocenters. The Morgan fingerprint density at radius 3 is 2.16 bits per heavy atom. The zero-order valence-electron chi connectivity index (χ0n) is 11.5. The molecule has 4 N–H and O–H groups in total. The topological polar surface area (TPSA) is 99.0 Å². The fourth-order valence-electron chi connectivity index (χ4n) is 1.59. The van der Waals surface area contributed by atoms with Crippen LogP contribution in [0.2, 0.25) is 0 Å². The highest BCUT2D eigenvalue weighted by Crippen LogP contribution is 2.06. The van der Waals surface area contributed by atoms with Crippen LogP contribution < -0.4 is 5.32 Å². The minimum absolute atomic E-state index is 0.187. The Balaban J connectivity index is 3.18. The van der Waals surface area contributed by atoms with Crippen LogP contribution >= 0.6 is 0 Å². The molecular weight excluding hydrogens is 250 g/mol. The van der Waals surface area contributed by atoms with E-state index in [0.717, 1.165) is 44.9 Å². The van der Waals surface area contributed by atoms with Crippen molar-refractivity contribution in [1.82, 2.24) is 5.32 Å². The van der Waals surface area contributed by atoms with Crippen LogP contribution in [0.5, 0.6) is 0 Å². The van der Waals surface area contributed by atoms with Crippen molar-refractivity contribution < 1.29 is 24.9 Å². The average molecular weight is 277 g/mol. The van der Waals surface area contributed by atoms with E-state index >= 15 is 0 Å². The summed E-state index contributed by atoms with van der Waals surface area (Å²) in [4.78, 5) is 11.1. The van der Waals surface area contributed by atoms with E-state index in [0.29, 0.717) is 6.54 Å². The van der Waals surface area contributed by atoms with Crippen molar-refractivity contribution in [1.29, 1.82) is 0 Å². The van der Waals surface area contributed by atoms with Gasteiger partial charge < -0.3 is 25.4 Å². The van der Waals surface area contributed by atoms with Gasteiger partial charge in [-0.15, -0.1) is 0 Å². The molecule has 1 unspecified atom stereocenters. The van der Waals surface area contributed by atoms with E-state index in [-0.39, 0.29) is 13.2 Å². The largest absolute Gasteiger partial charge is 0.447 e. The Kier molecular flexibility index (Phi) is 13.0. The van der Waals surface area contributed by atoms with Gasteiger partial charge in [0.1, 0.15) is 12.7 Å². The van der Waals surface area contributed by atoms with E-state index in [1.807, 2.05) is 0 Å². The number of unbranched alkanes of at least 4 members (excludes halogenated alkanes) is 6. The van der Waals surface area contributed by atoms with Crippen LogP contribution in [0.15, 0.2) is 0 Å². The van der Waals surface area contributed by atoms with Crippen LogP contribution in [0.4, 0.5) is 4.79 Å². The fraction of sp³-hybridized carbons (Fsp3) is 0.923. The first-order valence-corrected chi connectivity index (χ1v) is 7.01. The van der Waals surface area contributed by atoms with Crippen LogP contribution in [0.1, 0.15) is 44.9 Å². The first kappa shape index (κ1) is 18.1. The summed E-state index contributed by atoms with van der Waals surface area (Å²) in [5, 5.41) is 28.7. The number of amides is 1. The lowest BCUT2D eigenvalue weighted by molar-refractivity contribution is 0.0322. The number of hydrogen-bond donors (Lipinski definition) is 4. The molecule has 0 rings (SSSR count). The van der Waals surface area contributed by atoms with Gasteiger partial charge in [0.05, 0.1) is 6.61 Å². The number of nitrogens with one attached hydrogen (secondary N) is 1. The van der Waals surface area contributed by atoms with Crippen LogP contribution in [0.3, 0.4) is 0 Å². The maximum absolute atomic E-state index is 11.1. The molecule has 0 radical (unpaired) electrons. The van der Waals surface area contributed by atoms with Gasteiger partial charge in [-0.2, -0.15) is 0 Å². The molecule has 0 aromatic carbocycles. The lowest BCUT2D eigenvalue weighted by atomic mass is 10.1. The summed E-state index contributed by atoms with van der Waals surface area (Å²) in [6.45, 7) is 0.235. The van der Waals surface area contributed by atoms with E-state index in [9.17, 15) is 4.79 Å². The lowest BCUT2D eigenvalue weighted by Gasteiger charge is -2.09. The number of aliphatic hydroxyl groups excluding tert-OH is 3. The number of rotatable bonds is 12. The molecule has 0 spiro atoms. The highest BCUT2D eigenvalue weighted by atomic mass is 16.6. The minimum atomic E-state index is -1.01. The maximum Gasteiger partial charge on any atom is 0.407 e. The molecule has 0 saturated heterocycles. The first-order valence-electron chi connectivity index (χ1n) is 7.01. The van der Waals surface area contributed by atoms with Crippen molar-refractivity contribution in [3.05, 3.63) is 0 Å². The van der Waals surface area contributed by atoms with Gasteiger partial charge in [0, 0.05) is 13.2 Å². The van der Waals surface area contributed by atoms with Gasteiger partial charge in [0.25, 0.3) is 0 Å². The van der Waals surface area contributed by atoms with Crippen LogP contribution in [-0.2, 0) is 4.74 Å². The first-order chi connectivity index (χ1) is 9.20. The molecule has 0 aromatic rings. The smallest absolute Gasteiger partial charge is 0.407 e. The Morgan fingerprint density at radius 2 is 1.58 bits per heavy atom. The van der Waals surface area contributed by atoms with Crippen LogP contribution in [-0.4, -0.2) is 53.9 Å². The SMILES string of the molecule is O=C(NCCCCCCCCCO)OCC(O)CO. The molecule has 0 fully saturated rings. The Bertz CT molecular complexity index is 213. The van der Waals surface area contributed by atoms with Crippen molar-refractivity contribution in [2.45, 2.75) is 51.0 Å². The molecule has 114 valence electrons. The second-order valence-corrected chi connectivity index (χ2v) is 4.56. The Hall–Kier alpha value is -0.850. The second kappa shape index (κ2) is 13.6. The summed E-state index contributed by atoms with van der Waals surface area (Å²) in [5.74, 6) is 0. The standard InChI is InChI=1S/C13H27NO5/c15-9-7-5-3-1-2-4-6-8-14-13(18)19-11-12(17)10-16/h12,15-17H,1-11H2,(H,14,18). The highest BCUT2D eigenvalue weighted by Gasteiger charge is 2.06. The molecule has 0 aliphatic rings. The van der Waals surface area contributed by atoms with E-state index in [1.165, 1.54) is 0 Å². The normalized spacial score (nSPS) is 12.2. The molecule has 0 aliphatic heterocycles. The van der Waals surface area contributed by atoms with Crippen molar-refractivity contribution >= 4 is 6.09 Å². The molecule has 0 aromatic heterocycles. The average Bonchev–Trinajstić information content (AvgIpc) is 2.42. The Labute approximate surface area is 114 Å². The summed E-state index contributed by atoms with van der Waals surface area (Å²) in [6, 6.07) is 0. The summed E-state index contributed by atoms with van der Waals surface area (Å²) < 4.78 is 4.68. The van der Waals surface area contributed by atoms with Crippen molar-refractivity contribution in [3.63, 3.8) is 0 Å². The monoisotopic (exact) mass is 277 g/mol. The third-order valence-electron chi connectivity index (χ3n) is 2.72. The molecule has 19 heavy (non-hydrogen) atoms. The van der Waals surface area contributed by atoms with Gasteiger partial charge in [-0.05, 0) is 12.8 Å². The molecule has 0 bridgehead atoms. The summed E-state index contributed by atoms with van der Waals surface area (Å²) in [7, 11) is 0. The van der Waals surface area contributed by atoms with Gasteiger partial charge in [0.2, 0.25) is 0 Å². The van der Waals surface area contributed by atoms with Crippen molar-refractivity contribution in [2.24, 2.45) is 0 Å². The fourth-order valence-corrected chi connectivity index (χ4v) is 1.59. The van der Waals surface area contributed by atoms with E-state index in [1.54, 1.807) is 0 Å². The van der Waals surface area contributed by atoms with Crippen molar-refractivity contribution in [2.75, 3.05) is 26.4 Å². The van der Waals surface area contributed by atoms with Crippen LogP contribution in [0, 0.1) is 0 Å². The van der Waals surface area contributed by atoms with Gasteiger partial charge in [-0.25, -0.2) is 4.79 Å². The number of alkyl carbamates (subject to hydrolysis) is 1. The molecule has 0 heterocycles. The molecular formula is C13H27NO5. The van der Waals surface area contributed by atoms with Gasteiger partial charge in [0.15, 0.2) is 0 Å².